The van der Waals surface area contributed by atoms with Gasteiger partial charge in [0.2, 0.25) is 0 Å². The van der Waals surface area contributed by atoms with Crippen molar-refractivity contribution in [2.45, 2.75) is 0 Å². The van der Waals surface area contributed by atoms with E-state index in [1.807, 2.05) is 73.8 Å². The Hall–Kier alpha value is -4.77. The Morgan fingerprint density at radius 1 is 0.889 bits per heavy atom. The highest BCUT2D eigenvalue weighted by Crippen LogP contribution is 2.34. The van der Waals surface area contributed by atoms with Gasteiger partial charge >= 0.3 is 0 Å². The molecule has 0 aliphatic rings. The molecule has 3 aromatic heterocycles. The van der Waals surface area contributed by atoms with Gasteiger partial charge in [0.05, 0.1) is 32.5 Å². The molecule has 0 atom stereocenters. The van der Waals surface area contributed by atoms with E-state index in [9.17, 15) is 0 Å². The molecule has 0 spiro atoms. The Labute approximate surface area is 209 Å². The first-order valence-corrected chi connectivity index (χ1v) is 11.4. The highest BCUT2D eigenvalue weighted by molar-refractivity contribution is 5.87. The second-order valence-corrected chi connectivity index (χ2v) is 8.32. The molecule has 0 unspecified atom stereocenters. The standard InChI is InChI=1S/C28H26N6O2/c1-32-11-9-29-28(32)6-5-10-34(24-14-25(35-3)16-26(15-24)36-4)23-7-8-27-20(13-23)12-21(17-30-27)22-18-31-33(2)19-22/h7-9,11-19H,10H2,1-4H3. The number of benzene rings is 2. The lowest BCUT2D eigenvalue weighted by Crippen LogP contribution is -2.17. The number of imidazole rings is 1. The number of ether oxygens (including phenoxy) is 2. The van der Waals surface area contributed by atoms with Gasteiger partial charge in [-0.25, -0.2) is 4.98 Å². The SMILES string of the molecule is COc1cc(OC)cc(N(CC#Cc2nccn2C)c2ccc3ncc(-c4cnn(C)c4)cc3c2)c1. The fourth-order valence-electron chi connectivity index (χ4n) is 3.98. The summed E-state index contributed by atoms with van der Waals surface area (Å²) in [5.74, 6) is 8.55. The monoisotopic (exact) mass is 478 g/mol. The van der Waals surface area contributed by atoms with E-state index < -0.39 is 0 Å². The second kappa shape index (κ2) is 9.84. The molecule has 5 aromatic rings. The Morgan fingerprint density at radius 3 is 2.36 bits per heavy atom. The van der Waals surface area contributed by atoms with Crippen LogP contribution in [-0.2, 0) is 14.1 Å². The minimum Gasteiger partial charge on any atom is -0.497 e. The lowest BCUT2D eigenvalue weighted by Gasteiger charge is -2.24. The number of methoxy groups -OCH3 is 2. The molecule has 0 aliphatic carbocycles. The van der Waals surface area contributed by atoms with E-state index in [0.29, 0.717) is 23.9 Å². The number of hydrogen-bond acceptors (Lipinski definition) is 6. The van der Waals surface area contributed by atoms with Gasteiger partial charge in [-0.3, -0.25) is 9.67 Å². The summed E-state index contributed by atoms with van der Waals surface area (Å²) in [6, 6.07) is 14.1. The van der Waals surface area contributed by atoms with Crippen LogP contribution in [0.3, 0.4) is 0 Å². The predicted octanol–water partition coefficient (Wildman–Crippen LogP) is 4.58. The minimum atomic E-state index is 0.435. The molecular weight excluding hydrogens is 452 g/mol. The quantitative estimate of drug-likeness (QED) is 0.333. The molecule has 0 bridgehead atoms. The van der Waals surface area contributed by atoms with Crippen LogP contribution in [0.5, 0.6) is 11.5 Å². The summed E-state index contributed by atoms with van der Waals surface area (Å²) >= 11 is 0. The highest BCUT2D eigenvalue weighted by Gasteiger charge is 2.13. The first-order chi connectivity index (χ1) is 17.5. The van der Waals surface area contributed by atoms with Gasteiger partial charge in [-0.15, -0.1) is 0 Å². The maximum atomic E-state index is 5.53. The second-order valence-electron chi connectivity index (χ2n) is 8.32. The van der Waals surface area contributed by atoms with E-state index in [0.717, 1.165) is 33.4 Å². The zero-order valence-corrected chi connectivity index (χ0v) is 20.6. The third-order valence-corrected chi connectivity index (χ3v) is 5.92. The Morgan fingerprint density at radius 2 is 1.69 bits per heavy atom. The largest absolute Gasteiger partial charge is 0.497 e. The summed E-state index contributed by atoms with van der Waals surface area (Å²) in [6.07, 6.45) is 9.32. The summed E-state index contributed by atoms with van der Waals surface area (Å²) < 4.78 is 14.7. The number of pyridine rings is 1. The number of fused-ring (bicyclic) bond motifs is 1. The van der Waals surface area contributed by atoms with Crippen LogP contribution in [0, 0.1) is 11.8 Å². The van der Waals surface area contributed by atoms with Crippen molar-refractivity contribution >= 4 is 22.3 Å². The molecule has 0 radical (unpaired) electrons. The van der Waals surface area contributed by atoms with Gasteiger partial charge in [-0.1, -0.05) is 5.92 Å². The Balaban J connectivity index is 1.58. The molecule has 8 nitrogen and oxygen atoms in total. The van der Waals surface area contributed by atoms with Gasteiger partial charge in [-0.05, 0) is 30.2 Å². The summed E-state index contributed by atoms with van der Waals surface area (Å²) in [6.45, 7) is 0.435. The number of hydrogen-bond donors (Lipinski definition) is 0. The molecule has 0 amide bonds. The van der Waals surface area contributed by atoms with E-state index in [1.165, 1.54) is 0 Å². The molecular formula is C28H26N6O2. The summed E-state index contributed by atoms with van der Waals surface area (Å²) in [5.41, 5.74) is 4.81. The van der Waals surface area contributed by atoms with Crippen molar-refractivity contribution in [1.29, 1.82) is 0 Å². The smallest absolute Gasteiger partial charge is 0.185 e. The van der Waals surface area contributed by atoms with Crippen LogP contribution >= 0.6 is 0 Å². The molecule has 36 heavy (non-hydrogen) atoms. The van der Waals surface area contributed by atoms with Crippen LogP contribution in [-0.4, -0.2) is 45.1 Å². The lowest BCUT2D eigenvalue weighted by atomic mass is 10.1. The predicted molar refractivity (Wildman–Crippen MR) is 141 cm³/mol. The van der Waals surface area contributed by atoms with Gasteiger partial charge in [-0.2, -0.15) is 5.10 Å². The molecule has 3 heterocycles. The van der Waals surface area contributed by atoms with Crippen LogP contribution in [0.4, 0.5) is 11.4 Å². The molecule has 0 fully saturated rings. The summed E-state index contributed by atoms with van der Waals surface area (Å²) in [7, 11) is 7.12. The summed E-state index contributed by atoms with van der Waals surface area (Å²) in [5, 5.41) is 5.31. The zero-order valence-electron chi connectivity index (χ0n) is 20.6. The third-order valence-electron chi connectivity index (χ3n) is 5.92. The maximum absolute atomic E-state index is 5.53. The van der Waals surface area contributed by atoms with Gasteiger partial charge in [0.15, 0.2) is 5.82 Å². The number of nitrogens with zero attached hydrogens (tertiary/aromatic N) is 6. The molecule has 0 saturated carbocycles. The first-order valence-electron chi connectivity index (χ1n) is 11.4. The Kier molecular flexibility index (Phi) is 6.29. The van der Waals surface area contributed by atoms with Gasteiger partial charge in [0, 0.05) is 85.0 Å². The van der Waals surface area contributed by atoms with Crippen molar-refractivity contribution in [1.82, 2.24) is 24.3 Å². The van der Waals surface area contributed by atoms with Crippen molar-refractivity contribution < 1.29 is 9.47 Å². The van der Waals surface area contributed by atoms with E-state index >= 15 is 0 Å². The topological polar surface area (TPSA) is 70.2 Å². The van der Waals surface area contributed by atoms with Crippen LogP contribution in [0.2, 0.25) is 0 Å². The number of rotatable bonds is 6. The normalized spacial score (nSPS) is 10.7. The summed E-state index contributed by atoms with van der Waals surface area (Å²) in [4.78, 5) is 11.1. The molecule has 0 N–H and O–H groups in total. The van der Waals surface area contributed by atoms with Crippen LogP contribution in [0.15, 0.2) is 73.4 Å². The maximum Gasteiger partial charge on any atom is 0.185 e. The number of aryl methyl sites for hydroxylation is 2. The van der Waals surface area contributed by atoms with Gasteiger partial charge in [0.1, 0.15) is 11.5 Å². The van der Waals surface area contributed by atoms with Crippen LogP contribution in [0.1, 0.15) is 5.82 Å². The molecule has 2 aromatic carbocycles. The minimum absolute atomic E-state index is 0.435. The lowest BCUT2D eigenvalue weighted by molar-refractivity contribution is 0.394. The van der Waals surface area contributed by atoms with Crippen molar-refractivity contribution in [2.24, 2.45) is 14.1 Å². The number of anilines is 2. The fraction of sp³-hybridized carbons (Fsp3) is 0.179. The zero-order chi connectivity index (χ0) is 25.1. The van der Waals surface area contributed by atoms with Crippen molar-refractivity contribution in [3.63, 3.8) is 0 Å². The Bertz CT molecular complexity index is 1570. The van der Waals surface area contributed by atoms with Crippen LogP contribution in [0.25, 0.3) is 22.0 Å². The average Bonchev–Trinajstić information content (AvgIpc) is 3.53. The third kappa shape index (κ3) is 4.72. The van der Waals surface area contributed by atoms with E-state index in [-0.39, 0.29) is 0 Å². The molecule has 8 heteroatoms. The molecule has 0 aliphatic heterocycles. The van der Waals surface area contributed by atoms with Crippen molar-refractivity contribution in [2.75, 3.05) is 25.7 Å². The molecule has 180 valence electrons. The van der Waals surface area contributed by atoms with Crippen molar-refractivity contribution in [3.8, 4) is 34.5 Å². The fourth-order valence-corrected chi connectivity index (χ4v) is 3.98. The average molecular weight is 479 g/mol. The van der Waals surface area contributed by atoms with E-state index in [2.05, 4.69) is 43.9 Å². The van der Waals surface area contributed by atoms with E-state index in [1.54, 1.807) is 25.1 Å². The first kappa shape index (κ1) is 23.0. The molecule has 0 saturated heterocycles. The van der Waals surface area contributed by atoms with Gasteiger partial charge < -0.3 is 18.9 Å². The highest BCUT2D eigenvalue weighted by atomic mass is 16.5. The number of aromatic nitrogens is 5. The molecule has 5 rings (SSSR count). The van der Waals surface area contributed by atoms with Crippen molar-refractivity contribution in [3.05, 3.63) is 79.3 Å². The van der Waals surface area contributed by atoms with Gasteiger partial charge in [0.25, 0.3) is 0 Å². The van der Waals surface area contributed by atoms with E-state index in [4.69, 9.17) is 9.47 Å². The van der Waals surface area contributed by atoms with Crippen LogP contribution < -0.4 is 14.4 Å².